The number of ether oxygens (including phenoxy) is 1. The minimum absolute atomic E-state index is 0.0449. The molecule has 0 radical (unpaired) electrons. The SMILES string of the molecule is O=C(Cc1ccc2c(c1)CCO2)N1CCCN(C(=O)c2ccccc2)CC1. The monoisotopic (exact) mass is 364 g/mol. The Hall–Kier alpha value is -2.82. The van der Waals surface area contributed by atoms with E-state index < -0.39 is 0 Å². The maximum absolute atomic E-state index is 12.8. The Morgan fingerprint density at radius 2 is 1.70 bits per heavy atom. The van der Waals surface area contributed by atoms with E-state index in [9.17, 15) is 9.59 Å². The maximum Gasteiger partial charge on any atom is 0.253 e. The van der Waals surface area contributed by atoms with Gasteiger partial charge < -0.3 is 14.5 Å². The summed E-state index contributed by atoms with van der Waals surface area (Å²) in [5.41, 5.74) is 2.93. The maximum atomic E-state index is 12.8. The predicted octanol–water partition coefficient (Wildman–Crippen LogP) is 2.54. The molecule has 27 heavy (non-hydrogen) atoms. The van der Waals surface area contributed by atoms with Gasteiger partial charge >= 0.3 is 0 Å². The highest BCUT2D eigenvalue weighted by atomic mass is 16.5. The van der Waals surface area contributed by atoms with E-state index in [0.29, 0.717) is 38.2 Å². The topological polar surface area (TPSA) is 49.9 Å². The fourth-order valence-electron chi connectivity index (χ4n) is 3.77. The van der Waals surface area contributed by atoms with Crippen LogP contribution in [0.5, 0.6) is 5.75 Å². The zero-order chi connectivity index (χ0) is 18.6. The minimum Gasteiger partial charge on any atom is -0.493 e. The molecule has 0 unspecified atom stereocenters. The Balaban J connectivity index is 1.36. The van der Waals surface area contributed by atoms with Crippen molar-refractivity contribution in [1.29, 1.82) is 0 Å². The van der Waals surface area contributed by atoms with Gasteiger partial charge in [0.2, 0.25) is 5.91 Å². The normalized spacial score (nSPS) is 16.4. The second kappa shape index (κ2) is 7.82. The van der Waals surface area contributed by atoms with E-state index in [4.69, 9.17) is 4.74 Å². The van der Waals surface area contributed by atoms with Crippen molar-refractivity contribution in [2.24, 2.45) is 0 Å². The third-order valence-corrected chi connectivity index (χ3v) is 5.27. The molecule has 0 bridgehead atoms. The van der Waals surface area contributed by atoms with Crippen LogP contribution >= 0.6 is 0 Å². The zero-order valence-corrected chi connectivity index (χ0v) is 15.4. The highest BCUT2D eigenvalue weighted by molar-refractivity contribution is 5.94. The zero-order valence-electron chi connectivity index (χ0n) is 15.4. The van der Waals surface area contributed by atoms with E-state index in [-0.39, 0.29) is 11.8 Å². The molecule has 2 aromatic rings. The molecule has 0 saturated carbocycles. The average Bonchev–Trinajstić information content (AvgIpc) is 3.02. The summed E-state index contributed by atoms with van der Waals surface area (Å²) < 4.78 is 5.53. The molecule has 2 aliphatic rings. The van der Waals surface area contributed by atoms with Gasteiger partial charge in [0.05, 0.1) is 13.0 Å². The molecule has 2 aromatic carbocycles. The molecule has 0 spiro atoms. The van der Waals surface area contributed by atoms with Crippen LogP contribution in [0.15, 0.2) is 48.5 Å². The summed E-state index contributed by atoms with van der Waals surface area (Å²) >= 11 is 0. The van der Waals surface area contributed by atoms with Crippen LogP contribution in [0.2, 0.25) is 0 Å². The van der Waals surface area contributed by atoms with Gasteiger partial charge in [-0.05, 0) is 35.7 Å². The van der Waals surface area contributed by atoms with Gasteiger partial charge in [0.1, 0.15) is 5.75 Å². The minimum atomic E-state index is 0.0449. The van der Waals surface area contributed by atoms with Crippen molar-refractivity contribution < 1.29 is 14.3 Å². The van der Waals surface area contributed by atoms with Crippen LogP contribution in [0.4, 0.5) is 0 Å². The van der Waals surface area contributed by atoms with Crippen LogP contribution in [0.3, 0.4) is 0 Å². The first-order chi connectivity index (χ1) is 13.2. The standard InChI is InChI=1S/C22H24N2O3/c25-21(16-17-7-8-20-19(15-17)9-14-27-20)23-10-4-11-24(13-12-23)22(26)18-5-2-1-3-6-18/h1-3,5-8,15H,4,9-14,16H2. The highest BCUT2D eigenvalue weighted by Gasteiger charge is 2.23. The fourth-order valence-corrected chi connectivity index (χ4v) is 3.77. The summed E-state index contributed by atoms with van der Waals surface area (Å²) in [6, 6.07) is 15.4. The summed E-state index contributed by atoms with van der Waals surface area (Å²) in [7, 11) is 0. The quantitative estimate of drug-likeness (QED) is 0.841. The van der Waals surface area contributed by atoms with Gasteiger partial charge in [-0.1, -0.05) is 30.3 Å². The summed E-state index contributed by atoms with van der Waals surface area (Å²) in [6.45, 7) is 3.28. The van der Waals surface area contributed by atoms with E-state index in [0.717, 1.165) is 30.8 Å². The summed E-state index contributed by atoms with van der Waals surface area (Å²) in [4.78, 5) is 29.1. The molecule has 2 heterocycles. The van der Waals surface area contributed by atoms with Crippen molar-refractivity contribution in [3.8, 4) is 5.75 Å². The van der Waals surface area contributed by atoms with Gasteiger partial charge in [0.25, 0.3) is 5.91 Å². The largest absolute Gasteiger partial charge is 0.493 e. The number of benzene rings is 2. The predicted molar refractivity (Wildman–Crippen MR) is 103 cm³/mol. The lowest BCUT2D eigenvalue weighted by molar-refractivity contribution is -0.130. The molecular formula is C22H24N2O3. The first-order valence-corrected chi connectivity index (χ1v) is 9.57. The molecule has 1 fully saturated rings. The Bertz CT molecular complexity index is 835. The van der Waals surface area contributed by atoms with Crippen LogP contribution in [-0.2, 0) is 17.6 Å². The third kappa shape index (κ3) is 3.97. The smallest absolute Gasteiger partial charge is 0.253 e. The first kappa shape index (κ1) is 17.6. The highest BCUT2D eigenvalue weighted by Crippen LogP contribution is 2.26. The van der Waals surface area contributed by atoms with E-state index in [2.05, 4.69) is 6.07 Å². The summed E-state index contributed by atoms with van der Waals surface area (Å²) in [5.74, 6) is 1.11. The molecule has 0 atom stereocenters. The van der Waals surface area contributed by atoms with Gasteiger partial charge in [0.15, 0.2) is 0 Å². The van der Waals surface area contributed by atoms with Gasteiger partial charge in [-0.15, -0.1) is 0 Å². The summed E-state index contributed by atoms with van der Waals surface area (Å²) in [5, 5.41) is 0. The molecule has 2 aliphatic heterocycles. The molecule has 140 valence electrons. The van der Waals surface area contributed by atoms with Crippen molar-refractivity contribution in [2.45, 2.75) is 19.3 Å². The van der Waals surface area contributed by atoms with Gasteiger partial charge in [-0.2, -0.15) is 0 Å². The number of carbonyl (C=O) groups excluding carboxylic acids is 2. The van der Waals surface area contributed by atoms with Gasteiger partial charge in [-0.3, -0.25) is 9.59 Å². The van der Waals surface area contributed by atoms with Crippen LogP contribution < -0.4 is 4.74 Å². The Morgan fingerprint density at radius 1 is 0.926 bits per heavy atom. The van der Waals surface area contributed by atoms with Crippen LogP contribution in [0.25, 0.3) is 0 Å². The summed E-state index contributed by atoms with van der Waals surface area (Å²) in [6.07, 6.45) is 2.12. The van der Waals surface area contributed by atoms with Crippen molar-refractivity contribution >= 4 is 11.8 Å². The number of rotatable bonds is 3. The van der Waals surface area contributed by atoms with E-state index >= 15 is 0 Å². The van der Waals surface area contributed by atoms with Crippen molar-refractivity contribution in [3.05, 3.63) is 65.2 Å². The number of nitrogens with zero attached hydrogens (tertiary/aromatic N) is 2. The number of amides is 2. The number of hydrogen-bond donors (Lipinski definition) is 0. The number of fused-ring (bicyclic) bond motifs is 1. The van der Waals surface area contributed by atoms with Gasteiger partial charge in [-0.25, -0.2) is 0 Å². The second-order valence-corrected chi connectivity index (χ2v) is 7.11. The molecule has 5 nitrogen and oxygen atoms in total. The molecule has 0 aliphatic carbocycles. The Morgan fingerprint density at radius 3 is 2.56 bits per heavy atom. The lowest BCUT2D eigenvalue weighted by atomic mass is 10.1. The molecule has 1 saturated heterocycles. The molecule has 5 heteroatoms. The van der Waals surface area contributed by atoms with Crippen LogP contribution in [-0.4, -0.2) is 54.4 Å². The Labute approximate surface area is 159 Å². The Kier molecular flexibility index (Phi) is 5.10. The number of hydrogen-bond acceptors (Lipinski definition) is 3. The lowest BCUT2D eigenvalue weighted by Gasteiger charge is -2.22. The third-order valence-electron chi connectivity index (χ3n) is 5.27. The number of carbonyl (C=O) groups is 2. The lowest BCUT2D eigenvalue weighted by Crippen LogP contribution is -2.38. The van der Waals surface area contributed by atoms with E-state index in [1.807, 2.05) is 52.3 Å². The van der Waals surface area contributed by atoms with Crippen LogP contribution in [0.1, 0.15) is 27.9 Å². The molecular weight excluding hydrogens is 340 g/mol. The second-order valence-electron chi connectivity index (χ2n) is 7.11. The molecule has 4 rings (SSSR count). The molecule has 0 N–H and O–H groups in total. The van der Waals surface area contributed by atoms with Gasteiger partial charge in [0, 0.05) is 38.2 Å². The molecule has 2 amide bonds. The molecule has 0 aromatic heterocycles. The van der Waals surface area contributed by atoms with Crippen molar-refractivity contribution in [1.82, 2.24) is 9.80 Å². The van der Waals surface area contributed by atoms with E-state index in [1.165, 1.54) is 5.56 Å². The van der Waals surface area contributed by atoms with Crippen LogP contribution in [0, 0.1) is 0 Å². The first-order valence-electron chi connectivity index (χ1n) is 9.57. The fraction of sp³-hybridized carbons (Fsp3) is 0.364. The van der Waals surface area contributed by atoms with Crippen molar-refractivity contribution in [3.63, 3.8) is 0 Å². The van der Waals surface area contributed by atoms with E-state index in [1.54, 1.807) is 0 Å². The average molecular weight is 364 g/mol. The van der Waals surface area contributed by atoms with Crippen molar-refractivity contribution in [2.75, 3.05) is 32.8 Å².